The Kier molecular flexibility index (Phi) is 2.83. The number of anilines is 1. The maximum atomic E-state index is 11.2. The zero-order valence-corrected chi connectivity index (χ0v) is 9.82. The Morgan fingerprint density at radius 2 is 2.18 bits per heavy atom. The number of carbonyl (C=O) groups is 1. The second-order valence-corrected chi connectivity index (χ2v) is 4.72. The van der Waals surface area contributed by atoms with E-state index in [1.807, 2.05) is 13.8 Å². The number of nitrogens with one attached hydrogen (secondary N) is 1. The molecular weight excluding hydrogens is 220 g/mol. The van der Waals surface area contributed by atoms with Gasteiger partial charge in [-0.3, -0.25) is 14.9 Å². The second-order valence-electron chi connectivity index (χ2n) is 4.72. The summed E-state index contributed by atoms with van der Waals surface area (Å²) in [6, 6.07) is 3.25. The smallest absolute Gasteiger partial charge is 0.273 e. The lowest BCUT2D eigenvalue weighted by atomic mass is 9.98. The van der Waals surface area contributed by atoms with Crippen molar-refractivity contribution in [2.45, 2.75) is 26.7 Å². The van der Waals surface area contributed by atoms with E-state index in [-0.39, 0.29) is 22.9 Å². The number of hydrogen-bond donors (Lipinski definition) is 1. The summed E-state index contributed by atoms with van der Waals surface area (Å²) in [6.45, 7) is 4.02. The molecule has 2 rings (SSSR count). The second kappa shape index (κ2) is 4.16. The third-order valence-electron chi connectivity index (χ3n) is 2.75. The van der Waals surface area contributed by atoms with Crippen molar-refractivity contribution in [3.63, 3.8) is 0 Å². The van der Waals surface area contributed by atoms with Crippen LogP contribution in [-0.4, -0.2) is 10.8 Å². The van der Waals surface area contributed by atoms with Crippen LogP contribution >= 0.6 is 0 Å². The lowest BCUT2D eigenvalue weighted by molar-refractivity contribution is -0.385. The molecule has 0 aromatic heterocycles. The van der Waals surface area contributed by atoms with Gasteiger partial charge in [0.25, 0.3) is 5.69 Å². The van der Waals surface area contributed by atoms with Gasteiger partial charge in [0.15, 0.2) is 0 Å². The number of hydrogen-bond acceptors (Lipinski definition) is 3. The molecule has 1 aliphatic heterocycles. The molecule has 0 radical (unpaired) electrons. The number of carbonyl (C=O) groups excluding carboxylic acids is 1. The van der Waals surface area contributed by atoms with Crippen molar-refractivity contribution in [1.29, 1.82) is 0 Å². The summed E-state index contributed by atoms with van der Waals surface area (Å²) in [5.74, 6) is 0.236. The molecule has 0 saturated carbocycles. The van der Waals surface area contributed by atoms with E-state index >= 15 is 0 Å². The van der Waals surface area contributed by atoms with Gasteiger partial charge in [0.2, 0.25) is 5.91 Å². The maximum absolute atomic E-state index is 11.2. The molecule has 1 aromatic carbocycles. The molecule has 90 valence electrons. The number of fused-ring (bicyclic) bond motifs is 1. The largest absolute Gasteiger partial charge is 0.326 e. The molecule has 1 N–H and O–H groups in total. The molecule has 1 aromatic rings. The molecular formula is C12H14N2O3. The fourth-order valence-electron chi connectivity index (χ4n) is 2.08. The van der Waals surface area contributed by atoms with Crippen LogP contribution < -0.4 is 5.32 Å². The van der Waals surface area contributed by atoms with Gasteiger partial charge >= 0.3 is 0 Å². The fraction of sp³-hybridized carbons (Fsp3) is 0.417. The SMILES string of the molecule is CC(C)Cc1cc2c(cc1[N+](=O)[O-])CC(=O)N2. The summed E-state index contributed by atoms with van der Waals surface area (Å²) in [6.07, 6.45) is 0.873. The van der Waals surface area contributed by atoms with Crippen LogP contribution in [-0.2, 0) is 17.6 Å². The first-order valence-corrected chi connectivity index (χ1v) is 5.57. The van der Waals surface area contributed by atoms with Crippen LogP contribution in [0.2, 0.25) is 0 Å². The first-order valence-electron chi connectivity index (χ1n) is 5.57. The van der Waals surface area contributed by atoms with E-state index in [1.54, 1.807) is 6.07 Å². The van der Waals surface area contributed by atoms with Crippen molar-refractivity contribution < 1.29 is 9.72 Å². The summed E-state index contributed by atoms with van der Waals surface area (Å²) in [4.78, 5) is 21.8. The van der Waals surface area contributed by atoms with Crippen molar-refractivity contribution in [2.24, 2.45) is 5.92 Å². The first-order chi connectivity index (χ1) is 7.97. The molecule has 1 heterocycles. The van der Waals surface area contributed by atoms with Crippen LogP contribution in [0, 0.1) is 16.0 Å². The van der Waals surface area contributed by atoms with Gasteiger partial charge in [0, 0.05) is 17.3 Å². The minimum Gasteiger partial charge on any atom is -0.326 e. The predicted octanol–water partition coefficient (Wildman–Crippen LogP) is 2.29. The minimum atomic E-state index is -0.374. The predicted molar refractivity (Wildman–Crippen MR) is 64.0 cm³/mol. The van der Waals surface area contributed by atoms with Gasteiger partial charge in [-0.05, 0) is 24.0 Å². The fourth-order valence-corrected chi connectivity index (χ4v) is 2.08. The summed E-state index contributed by atoms with van der Waals surface area (Å²) in [5, 5.41) is 13.7. The lowest BCUT2D eigenvalue weighted by Gasteiger charge is -2.08. The van der Waals surface area contributed by atoms with E-state index in [1.165, 1.54) is 6.07 Å². The van der Waals surface area contributed by atoms with Crippen molar-refractivity contribution in [1.82, 2.24) is 0 Å². The number of rotatable bonds is 3. The van der Waals surface area contributed by atoms with Crippen LogP contribution in [0.3, 0.4) is 0 Å². The lowest BCUT2D eigenvalue weighted by Crippen LogP contribution is -2.04. The highest BCUT2D eigenvalue weighted by molar-refractivity contribution is 5.99. The maximum Gasteiger partial charge on any atom is 0.273 e. The molecule has 0 unspecified atom stereocenters. The van der Waals surface area contributed by atoms with Crippen molar-refractivity contribution in [2.75, 3.05) is 5.32 Å². The van der Waals surface area contributed by atoms with Gasteiger partial charge in [0.1, 0.15) is 0 Å². The van der Waals surface area contributed by atoms with E-state index in [0.717, 1.165) is 5.69 Å². The highest BCUT2D eigenvalue weighted by Crippen LogP contribution is 2.32. The van der Waals surface area contributed by atoms with Crippen LogP contribution in [0.5, 0.6) is 0 Å². The van der Waals surface area contributed by atoms with Gasteiger partial charge in [0.05, 0.1) is 11.3 Å². The van der Waals surface area contributed by atoms with Gasteiger partial charge in [-0.15, -0.1) is 0 Å². The van der Waals surface area contributed by atoms with E-state index in [0.29, 0.717) is 23.5 Å². The zero-order valence-electron chi connectivity index (χ0n) is 9.82. The quantitative estimate of drug-likeness (QED) is 0.644. The average Bonchev–Trinajstić information content (AvgIpc) is 2.54. The Balaban J connectivity index is 2.47. The standard InChI is InChI=1S/C12H14N2O3/c1-7(2)3-9-4-10-8(6-12(15)13-10)5-11(9)14(16)17/h4-5,7H,3,6H2,1-2H3,(H,13,15). The summed E-state index contributed by atoms with van der Waals surface area (Å²) in [5.41, 5.74) is 2.24. The van der Waals surface area contributed by atoms with Crippen LogP contribution in [0.25, 0.3) is 0 Å². The number of nitro groups is 1. The Labute approximate surface area is 99.0 Å². The molecule has 0 fully saturated rings. The Bertz CT molecular complexity index is 495. The molecule has 0 spiro atoms. The minimum absolute atomic E-state index is 0.101. The topological polar surface area (TPSA) is 72.2 Å². The Morgan fingerprint density at radius 3 is 2.76 bits per heavy atom. The molecule has 1 aliphatic rings. The number of nitrogens with zero attached hydrogens (tertiary/aromatic N) is 1. The highest BCUT2D eigenvalue weighted by Gasteiger charge is 2.24. The molecule has 5 nitrogen and oxygen atoms in total. The zero-order chi connectivity index (χ0) is 12.6. The van der Waals surface area contributed by atoms with Crippen molar-refractivity contribution in [3.05, 3.63) is 33.4 Å². The van der Waals surface area contributed by atoms with Crippen LogP contribution in [0.15, 0.2) is 12.1 Å². The summed E-state index contributed by atoms with van der Waals surface area (Å²) < 4.78 is 0. The summed E-state index contributed by atoms with van der Waals surface area (Å²) >= 11 is 0. The molecule has 0 saturated heterocycles. The molecule has 1 amide bonds. The van der Waals surface area contributed by atoms with Gasteiger partial charge in [-0.25, -0.2) is 0 Å². The normalized spacial score (nSPS) is 13.7. The molecule has 5 heteroatoms. The van der Waals surface area contributed by atoms with E-state index in [4.69, 9.17) is 0 Å². The van der Waals surface area contributed by atoms with Gasteiger partial charge in [-0.2, -0.15) is 0 Å². The summed E-state index contributed by atoms with van der Waals surface area (Å²) in [7, 11) is 0. The third kappa shape index (κ3) is 2.27. The highest BCUT2D eigenvalue weighted by atomic mass is 16.6. The monoisotopic (exact) mass is 234 g/mol. The molecule has 17 heavy (non-hydrogen) atoms. The number of amides is 1. The van der Waals surface area contributed by atoms with Gasteiger partial charge < -0.3 is 5.32 Å². The van der Waals surface area contributed by atoms with Crippen LogP contribution in [0.1, 0.15) is 25.0 Å². The Hall–Kier alpha value is -1.91. The Morgan fingerprint density at radius 1 is 1.47 bits per heavy atom. The molecule has 0 aliphatic carbocycles. The van der Waals surface area contributed by atoms with E-state index in [2.05, 4.69) is 5.32 Å². The van der Waals surface area contributed by atoms with E-state index in [9.17, 15) is 14.9 Å². The van der Waals surface area contributed by atoms with Gasteiger partial charge in [-0.1, -0.05) is 13.8 Å². The van der Waals surface area contributed by atoms with E-state index < -0.39 is 0 Å². The average molecular weight is 234 g/mol. The first kappa shape index (κ1) is 11.6. The number of nitro benzene ring substituents is 1. The van der Waals surface area contributed by atoms with Crippen LogP contribution in [0.4, 0.5) is 11.4 Å². The van der Waals surface area contributed by atoms with Crippen molar-refractivity contribution in [3.8, 4) is 0 Å². The molecule has 0 bridgehead atoms. The molecule has 0 atom stereocenters. The number of benzene rings is 1. The van der Waals surface area contributed by atoms with Crippen molar-refractivity contribution >= 4 is 17.3 Å². The third-order valence-corrected chi connectivity index (χ3v) is 2.75.